The Kier molecular flexibility index (Phi) is 6.41. The second kappa shape index (κ2) is 8.79. The number of aryl methyl sites for hydroxylation is 1. The standard InChI is InChI=1S/C22H17FINO2S/c1-16-2-13-21(14-3-16)28(26,27)25-22(18-7-9-19(23)10-8-18)15-6-17-4-11-20(24)12-5-17/h2-15H,1H3/b15-6+,25-22?. The Labute approximate surface area is 177 Å². The minimum absolute atomic E-state index is 0.111. The lowest BCUT2D eigenvalue weighted by molar-refractivity contribution is 0.598. The van der Waals surface area contributed by atoms with Gasteiger partial charge >= 0.3 is 0 Å². The minimum Gasteiger partial charge on any atom is -0.207 e. The monoisotopic (exact) mass is 505 g/mol. The Morgan fingerprint density at radius 3 is 2.14 bits per heavy atom. The summed E-state index contributed by atoms with van der Waals surface area (Å²) in [5.41, 5.74) is 2.61. The van der Waals surface area contributed by atoms with Crippen molar-refractivity contribution >= 4 is 44.4 Å². The molecule has 0 spiro atoms. The number of rotatable bonds is 5. The molecule has 142 valence electrons. The first kappa shape index (κ1) is 20.4. The lowest BCUT2D eigenvalue weighted by atomic mass is 10.1. The Morgan fingerprint density at radius 2 is 1.54 bits per heavy atom. The highest BCUT2D eigenvalue weighted by Gasteiger charge is 2.14. The number of benzene rings is 3. The summed E-state index contributed by atoms with van der Waals surface area (Å²) in [4.78, 5) is 0.111. The SMILES string of the molecule is Cc1ccc(S(=O)(=O)N=C(/C=C/c2ccc(I)cc2)c2ccc(F)cc2)cc1. The third-order valence-corrected chi connectivity index (χ3v) is 6.01. The maximum atomic E-state index is 13.3. The second-order valence-corrected chi connectivity index (χ2v) is 9.01. The van der Waals surface area contributed by atoms with E-state index in [0.717, 1.165) is 14.7 Å². The molecule has 0 fully saturated rings. The molecule has 0 aliphatic carbocycles. The van der Waals surface area contributed by atoms with Crippen LogP contribution in [0.2, 0.25) is 0 Å². The van der Waals surface area contributed by atoms with Gasteiger partial charge in [0, 0.05) is 9.13 Å². The van der Waals surface area contributed by atoms with E-state index in [4.69, 9.17) is 0 Å². The van der Waals surface area contributed by atoms with E-state index in [1.54, 1.807) is 24.3 Å². The van der Waals surface area contributed by atoms with Crippen molar-refractivity contribution in [3.8, 4) is 0 Å². The summed E-state index contributed by atoms with van der Waals surface area (Å²) in [5.74, 6) is -0.397. The van der Waals surface area contributed by atoms with E-state index in [-0.39, 0.29) is 10.6 Å². The van der Waals surface area contributed by atoms with Gasteiger partial charge in [0.15, 0.2) is 0 Å². The Morgan fingerprint density at radius 1 is 0.929 bits per heavy atom. The van der Waals surface area contributed by atoms with Crippen LogP contribution in [0.1, 0.15) is 16.7 Å². The van der Waals surface area contributed by atoms with E-state index in [1.807, 2.05) is 31.2 Å². The molecule has 0 aromatic heterocycles. The molecule has 0 unspecified atom stereocenters. The molecule has 3 nitrogen and oxygen atoms in total. The van der Waals surface area contributed by atoms with Gasteiger partial charge in [-0.05, 0) is 89.7 Å². The van der Waals surface area contributed by atoms with Crippen LogP contribution in [0.4, 0.5) is 4.39 Å². The number of hydrogen-bond donors (Lipinski definition) is 0. The van der Waals surface area contributed by atoms with Crippen molar-refractivity contribution in [1.29, 1.82) is 0 Å². The molecule has 0 saturated heterocycles. The van der Waals surface area contributed by atoms with Gasteiger partial charge in [0.05, 0.1) is 10.6 Å². The first-order valence-corrected chi connectivity index (χ1v) is 11.0. The fourth-order valence-corrected chi connectivity index (χ4v) is 3.81. The predicted octanol–water partition coefficient (Wildman–Crippen LogP) is 5.63. The molecule has 3 rings (SSSR count). The molecule has 0 bridgehead atoms. The molecule has 0 atom stereocenters. The summed E-state index contributed by atoms with van der Waals surface area (Å²) in [5, 5.41) is 0. The highest BCUT2D eigenvalue weighted by Crippen LogP contribution is 2.17. The quantitative estimate of drug-likeness (QED) is 0.334. The zero-order valence-electron chi connectivity index (χ0n) is 15.0. The molecule has 3 aromatic carbocycles. The van der Waals surface area contributed by atoms with Crippen LogP contribution in [-0.2, 0) is 10.0 Å². The lowest BCUT2D eigenvalue weighted by Gasteiger charge is -2.05. The summed E-state index contributed by atoms with van der Waals surface area (Å²) in [6.07, 6.45) is 3.41. The molecule has 6 heteroatoms. The highest BCUT2D eigenvalue weighted by molar-refractivity contribution is 14.1. The molecule has 0 amide bonds. The van der Waals surface area contributed by atoms with Crippen molar-refractivity contribution in [3.05, 3.63) is 105 Å². The third kappa shape index (κ3) is 5.36. The maximum Gasteiger partial charge on any atom is 0.282 e. The number of nitrogens with zero attached hydrogens (tertiary/aromatic N) is 1. The molecule has 0 heterocycles. The van der Waals surface area contributed by atoms with Crippen LogP contribution in [0.3, 0.4) is 0 Å². The van der Waals surface area contributed by atoms with Gasteiger partial charge in [0.1, 0.15) is 5.82 Å². The topological polar surface area (TPSA) is 46.5 Å². The van der Waals surface area contributed by atoms with Crippen molar-refractivity contribution in [3.63, 3.8) is 0 Å². The first-order chi connectivity index (χ1) is 13.3. The lowest BCUT2D eigenvalue weighted by Crippen LogP contribution is -2.04. The van der Waals surface area contributed by atoms with Crippen LogP contribution in [0.5, 0.6) is 0 Å². The van der Waals surface area contributed by atoms with Crippen LogP contribution in [0.25, 0.3) is 6.08 Å². The van der Waals surface area contributed by atoms with E-state index < -0.39 is 15.8 Å². The second-order valence-electron chi connectivity index (χ2n) is 6.16. The van der Waals surface area contributed by atoms with Gasteiger partial charge in [-0.1, -0.05) is 35.9 Å². The van der Waals surface area contributed by atoms with E-state index in [2.05, 4.69) is 27.0 Å². The normalized spacial score (nSPS) is 12.5. The van der Waals surface area contributed by atoms with Gasteiger partial charge in [0.25, 0.3) is 10.0 Å². The van der Waals surface area contributed by atoms with Crippen LogP contribution in [0.15, 0.2) is 88.2 Å². The van der Waals surface area contributed by atoms with Crippen LogP contribution in [0, 0.1) is 16.3 Å². The van der Waals surface area contributed by atoms with Gasteiger partial charge < -0.3 is 0 Å². The fourth-order valence-electron chi connectivity index (χ4n) is 2.44. The van der Waals surface area contributed by atoms with Crippen molar-refractivity contribution in [1.82, 2.24) is 0 Å². The molecule has 0 aliphatic rings. The van der Waals surface area contributed by atoms with E-state index in [1.165, 1.54) is 36.4 Å². The predicted molar refractivity (Wildman–Crippen MR) is 119 cm³/mol. The van der Waals surface area contributed by atoms with E-state index in [0.29, 0.717) is 5.56 Å². The molecular formula is C22H17FINO2S. The van der Waals surface area contributed by atoms with Crippen LogP contribution < -0.4 is 0 Å². The van der Waals surface area contributed by atoms with Crippen LogP contribution >= 0.6 is 22.6 Å². The number of sulfonamides is 1. The fraction of sp³-hybridized carbons (Fsp3) is 0.0455. The number of allylic oxidation sites excluding steroid dienone is 1. The van der Waals surface area contributed by atoms with Gasteiger partial charge in [-0.2, -0.15) is 12.8 Å². The summed E-state index contributed by atoms with van der Waals surface area (Å²) in [6.45, 7) is 1.88. The van der Waals surface area contributed by atoms with Crippen molar-refractivity contribution in [2.75, 3.05) is 0 Å². The van der Waals surface area contributed by atoms with Gasteiger partial charge in [-0.25, -0.2) is 4.39 Å². The first-order valence-electron chi connectivity index (χ1n) is 8.45. The summed E-state index contributed by atoms with van der Waals surface area (Å²) in [7, 11) is -3.90. The Hall–Kier alpha value is -2.32. The third-order valence-electron chi connectivity index (χ3n) is 3.98. The van der Waals surface area contributed by atoms with Crippen LogP contribution in [-0.4, -0.2) is 14.1 Å². The maximum absolute atomic E-state index is 13.3. The van der Waals surface area contributed by atoms with Gasteiger partial charge in [0.2, 0.25) is 0 Å². The average Bonchev–Trinajstić information content (AvgIpc) is 2.67. The number of halogens is 2. The molecule has 0 saturated carbocycles. The average molecular weight is 505 g/mol. The molecular weight excluding hydrogens is 488 g/mol. The van der Waals surface area contributed by atoms with E-state index in [9.17, 15) is 12.8 Å². The minimum atomic E-state index is -3.90. The molecule has 0 aliphatic heterocycles. The van der Waals surface area contributed by atoms with Crippen molar-refractivity contribution in [2.45, 2.75) is 11.8 Å². The highest BCUT2D eigenvalue weighted by atomic mass is 127. The van der Waals surface area contributed by atoms with Crippen molar-refractivity contribution < 1.29 is 12.8 Å². The smallest absolute Gasteiger partial charge is 0.207 e. The number of hydrogen-bond acceptors (Lipinski definition) is 2. The zero-order chi connectivity index (χ0) is 20.1. The Balaban J connectivity index is 2.04. The van der Waals surface area contributed by atoms with Gasteiger partial charge in [-0.3, -0.25) is 0 Å². The Bertz CT molecular complexity index is 1120. The van der Waals surface area contributed by atoms with Gasteiger partial charge in [-0.15, -0.1) is 0 Å². The summed E-state index contributed by atoms with van der Waals surface area (Å²) in [6, 6.07) is 19.8. The molecule has 0 N–H and O–H groups in total. The largest absolute Gasteiger partial charge is 0.282 e. The summed E-state index contributed by atoms with van der Waals surface area (Å²) < 4.78 is 43.9. The van der Waals surface area contributed by atoms with E-state index >= 15 is 0 Å². The van der Waals surface area contributed by atoms with Crippen molar-refractivity contribution in [2.24, 2.45) is 4.40 Å². The zero-order valence-corrected chi connectivity index (χ0v) is 18.0. The summed E-state index contributed by atoms with van der Waals surface area (Å²) >= 11 is 2.21. The molecule has 3 aromatic rings. The molecule has 28 heavy (non-hydrogen) atoms. The molecule has 0 radical (unpaired) electrons.